The van der Waals surface area contributed by atoms with Crippen molar-refractivity contribution in [3.63, 3.8) is 0 Å². The summed E-state index contributed by atoms with van der Waals surface area (Å²) in [6.45, 7) is 1.19. The number of carboxylic acid groups (broad SMARTS) is 1. The molecule has 1 aliphatic carbocycles. The van der Waals surface area contributed by atoms with Gasteiger partial charge in [0.1, 0.15) is 0 Å². The number of aliphatic hydroxyl groups is 1. The highest BCUT2D eigenvalue weighted by Crippen LogP contribution is 2.57. The predicted octanol–water partition coefficient (Wildman–Crippen LogP) is 1.16. The first-order valence-electron chi connectivity index (χ1n) is 3.63. The molecular formula is C7H9F3O3. The number of alkyl halides is 3. The lowest BCUT2D eigenvalue weighted by molar-refractivity contribution is -0.288. The van der Waals surface area contributed by atoms with Crippen LogP contribution in [0.5, 0.6) is 0 Å². The van der Waals surface area contributed by atoms with E-state index in [9.17, 15) is 18.0 Å². The van der Waals surface area contributed by atoms with Gasteiger partial charge in [0.25, 0.3) is 0 Å². The Morgan fingerprint density at radius 3 is 1.85 bits per heavy atom. The Morgan fingerprint density at radius 1 is 1.38 bits per heavy atom. The first-order valence-corrected chi connectivity index (χ1v) is 3.63. The van der Waals surface area contributed by atoms with E-state index in [2.05, 4.69) is 0 Å². The maximum Gasteiger partial charge on any atom is 0.405 e. The minimum atomic E-state index is -4.79. The minimum absolute atomic E-state index is 0.765. The molecule has 0 heterocycles. The molecule has 13 heavy (non-hydrogen) atoms. The fourth-order valence-corrected chi connectivity index (χ4v) is 1.72. The maximum absolute atomic E-state index is 12.3. The average molecular weight is 198 g/mol. The van der Waals surface area contributed by atoms with Gasteiger partial charge < -0.3 is 10.2 Å². The summed E-state index contributed by atoms with van der Waals surface area (Å²) in [6, 6.07) is 0. The normalized spacial score (nSPS) is 39.8. The molecule has 0 aliphatic heterocycles. The van der Waals surface area contributed by atoms with Gasteiger partial charge in [-0.3, -0.25) is 4.79 Å². The van der Waals surface area contributed by atoms with Crippen LogP contribution in [0.25, 0.3) is 0 Å². The van der Waals surface area contributed by atoms with E-state index in [0.717, 1.165) is 0 Å². The number of hydrogen-bond acceptors (Lipinski definition) is 2. The molecule has 2 N–H and O–H groups in total. The minimum Gasteiger partial charge on any atom is -0.481 e. The van der Waals surface area contributed by atoms with E-state index in [1.165, 1.54) is 6.92 Å². The molecule has 0 atom stereocenters. The van der Waals surface area contributed by atoms with Gasteiger partial charge in [-0.15, -0.1) is 0 Å². The van der Waals surface area contributed by atoms with Crippen molar-refractivity contribution in [3.8, 4) is 0 Å². The molecule has 0 bridgehead atoms. The van der Waals surface area contributed by atoms with Crippen molar-refractivity contribution in [2.24, 2.45) is 5.41 Å². The van der Waals surface area contributed by atoms with E-state index >= 15 is 0 Å². The lowest BCUT2D eigenvalue weighted by atomic mass is 9.59. The van der Waals surface area contributed by atoms with Gasteiger partial charge in [-0.1, -0.05) is 0 Å². The van der Waals surface area contributed by atoms with Crippen LogP contribution in [-0.2, 0) is 4.79 Å². The Labute approximate surface area is 72.2 Å². The van der Waals surface area contributed by atoms with Gasteiger partial charge in [0.15, 0.2) is 5.41 Å². The fourth-order valence-electron chi connectivity index (χ4n) is 1.72. The summed E-state index contributed by atoms with van der Waals surface area (Å²) in [5.74, 6) is -1.91. The molecule has 0 aromatic heterocycles. The smallest absolute Gasteiger partial charge is 0.405 e. The first kappa shape index (κ1) is 10.3. The van der Waals surface area contributed by atoms with Crippen LogP contribution in [0.1, 0.15) is 19.8 Å². The highest BCUT2D eigenvalue weighted by molar-refractivity contribution is 5.77. The number of carboxylic acids is 1. The van der Waals surface area contributed by atoms with E-state index in [0.29, 0.717) is 0 Å². The van der Waals surface area contributed by atoms with Crippen molar-refractivity contribution in [3.05, 3.63) is 0 Å². The summed E-state index contributed by atoms with van der Waals surface area (Å²) >= 11 is 0. The lowest BCUT2D eigenvalue weighted by Crippen LogP contribution is -2.61. The zero-order valence-electron chi connectivity index (χ0n) is 6.85. The molecule has 1 rings (SSSR count). The molecule has 6 heteroatoms. The molecule has 0 amide bonds. The third-order valence-electron chi connectivity index (χ3n) is 2.32. The van der Waals surface area contributed by atoms with Crippen molar-refractivity contribution in [2.45, 2.75) is 31.5 Å². The Kier molecular flexibility index (Phi) is 1.88. The number of aliphatic carboxylic acids is 1. The molecule has 1 aliphatic rings. The predicted molar refractivity (Wildman–Crippen MR) is 36.0 cm³/mol. The van der Waals surface area contributed by atoms with Crippen molar-refractivity contribution in [1.82, 2.24) is 0 Å². The summed E-state index contributed by atoms with van der Waals surface area (Å²) < 4.78 is 36.8. The van der Waals surface area contributed by atoms with Crippen LogP contribution in [-0.4, -0.2) is 28.0 Å². The Balaban J connectivity index is 2.91. The molecule has 1 saturated carbocycles. The highest BCUT2D eigenvalue weighted by Gasteiger charge is 2.70. The first-order chi connectivity index (χ1) is 5.61. The highest BCUT2D eigenvalue weighted by atomic mass is 19.4. The number of carbonyl (C=O) groups is 1. The third kappa shape index (κ3) is 1.39. The van der Waals surface area contributed by atoms with Crippen molar-refractivity contribution < 1.29 is 28.2 Å². The van der Waals surface area contributed by atoms with Crippen LogP contribution in [0.4, 0.5) is 13.2 Å². The van der Waals surface area contributed by atoms with Gasteiger partial charge in [-0.25, -0.2) is 0 Å². The Hall–Kier alpha value is -0.780. The van der Waals surface area contributed by atoms with Crippen molar-refractivity contribution in [2.75, 3.05) is 0 Å². The third-order valence-corrected chi connectivity index (χ3v) is 2.32. The van der Waals surface area contributed by atoms with Gasteiger partial charge in [-0.2, -0.15) is 13.2 Å². The van der Waals surface area contributed by atoms with E-state index < -0.39 is 36.0 Å². The van der Waals surface area contributed by atoms with Crippen LogP contribution in [0.2, 0.25) is 0 Å². The van der Waals surface area contributed by atoms with Crippen molar-refractivity contribution in [1.29, 1.82) is 0 Å². The second-order valence-electron chi connectivity index (χ2n) is 3.74. The lowest BCUT2D eigenvalue weighted by Gasteiger charge is -2.49. The zero-order valence-corrected chi connectivity index (χ0v) is 6.85. The largest absolute Gasteiger partial charge is 0.481 e. The monoisotopic (exact) mass is 198 g/mol. The van der Waals surface area contributed by atoms with Crippen molar-refractivity contribution >= 4 is 5.97 Å². The van der Waals surface area contributed by atoms with Gasteiger partial charge in [0.05, 0.1) is 5.60 Å². The van der Waals surface area contributed by atoms with E-state index in [1.807, 2.05) is 0 Å². The molecule has 0 saturated heterocycles. The molecule has 0 aromatic rings. The Bertz CT molecular complexity index is 236. The van der Waals surface area contributed by atoms with Gasteiger partial charge in [-0.05, 0) is 6.92 Å². The molecule has 3 nitrogen and oxygen atoms in total. The molecule has 0 unspecified atom stereocenters. The average Bonchev–Trinajstić information content (AvgIpc) is 1.78. The molecule has 76 valence electrons. The molecule has 0 radical (unpaired) electrons. The summed E-state index contributed by atoms with van der Waals surface area (Å²) in [7, 11) is 0. The van der Waals surface area contributed by atoms with Gasteiger partial charge in [0, 0.05) is 12.8 Å². The van der Waals surface area contributed by atoms with E-state index in [4.69, 9.17) is 10.2 Å². The van der Waals surface area contributed by atoms with E-state index in [1.54, 1.807) is 0 Å². The van der Waals surface area contributed by atoms with Gasteiger partial charge >= 0.3 is 12.1 Å². The number of rotatable bonds is 1. The van der Waals surface area contributed by atoms with E-state index in [-0.39, 0.29) is 0 Å². The summed E-state index contributed by atoms with van der Waals surface area (Å²) in [4.78, 5) is 10.4. The quantitative estimate of drug-likeness (QED) is 0.664. The van der Waals surface area contributed by atoms with Gasteiger partial charge in [0.2, 0.25) is 0 Å². The SMILES string of the molecule is CC1(O)CC(C(=O)O)(C(F)(F)F)C1. The summed E-state index contributed by atoms with van der Waals surface area (Å²) in [5.41, 5.74) is -4.25. The van der Waals surface area contributed by atoms with Crippen LogP contribution in [0, 0.1) is 5.41 Å². The number of hydrogen-bond donors (Lipinski definition) is 2. The zero-order chi connectivity index (χ0) is 10.5. The van der Waals surface area contributed by atoms with Crippen LogP contribution >= 0.6 is 0 Å². The van der Waals surface area contributed by atoms with Crippen LogP contribution in [0.3, 0.4) is 0 Å². The molecule has 0 spiro atoms. The standard InChI is InChI=1S/C7H9F3O3/c1-5(13)2-6(3-5,4(11)12)7(8,9)10/h13H,2-3H2,1H3,(H,11,12). The van der Waals surface area contributed by atoms with Crippen LogP contribution < -0.4 is 0 Å². The fraction of sp³-hybridized carbons (Fsp3) is 0.857. The Morgan fingerprint density at radius 2 is 1.77 bits per heavy atom. The second-order valence-corrected chi connectivity index (χ2v) is 3.74. The summed E-state index contributed by atoms with van der Waals surface area (Å²) in [6.07, 6.45) is -6.32. The molecular weight excluding hydrogens is 189 g/mol. The number of halogens is 3. The van der Waals surface area contributed by atoms with Crippen LogP contribution in [0.15, 0.2) is 0 Å². The second kappa shape index (κ2) is 2.37. The molecule has 0 aromatic carbocycles. The topological polar surface area (TPSA) is 57.5 Å². The summed E-state index contributed by atoms with van der Waals surface area (Å²) in [5, 5.41) is 17.5. The maximum atomic E-state index is 12.3. The molecule has 1 fully saturated rings.